The summed E-state index contributed by atoms with van der Waals surface area (Å²) in [6, 6.07) is 2.15. The van der Waals surface area contributed by atoms with Gasteiger partial charge in [0.15, 0.2) is 11.0 Å². The molecule has 1 N–H and O–H groups in total. The van der Waals surface area contributed by atoms with Crippen molar-refractivity contribution in [2.24, 2.45) is 0 Å². The van der Waals surface area contributed by atoms with Crippen LogP contribution in [0.5, 0.6) is 0 Å². The quantitative estimate of drug-likeness (QED) is 0.276. The number of thioether (sulfide) groups is 1. The Hall–Kier alpha value is -2.70. The van der Waals surface area contributed by atoms with E-state index in [2.05, 4.69) is 47.7 Å². The normalized spacial score (nSPS) is 11.1. The summed E-state index contributed by atoms with van der Waals surface area (Å²) in [4.78, 5) is 40.9. The minimum Gasteiger partial charge on any atom is -0.465 e. The van der Waals surface area contributed by atoms with E-state index in [-0.39, 0.29) is 23.1 Å². The summed E-state index contributed by atoms with van der Waals surface area (Å²) in [6.45, 7) is 8.80. The molecule has 0 aliphatic carbocycles. The molecule has 0 saturated heterocycles. The monoisotopic (exact) mass is 549 g/mol. The van der Waals surface area contributed by atoms with Gasteiger partial charge in [-0.1, -0.05) is 32.5 Å². The summed E-state index contributed by atoms with van der Waals surface area (Å²) >= 11 is 4.05. The van der Waals surface area contributed by atoms with Crippen LogP contribution in [-0.2, 0) is 16.1 Å². The Kier molecular flexibility index (Phi) is 9.31. The van der Waals surface area contributed by atoms with Crippen LogP contribution < -0.4 is 5.32 Å². The van der Waals surface area contributed by atoms with Gasteiger partial charge >= 0.3 is 5.97 Å². The van der Waals surface area contributed by atoms with Crippen molar-refractivity contribution in [2.75, 3.05) is 32.3 Å². The molecule has 3 aromatic heterocycles. The molecule has 0 atom stereocenters. The molecule has 0 bridgehead atoms. The summed E-state index contributed by atoms with van der Waals surface area (Å²) in [7, 11) is 4.54. The fraction of sp³-hybridized carbons (Fsp3) is 0.458. The molecular formula is C24H31N5O4S3. The van der Waals surface area contributed by atoms with E-state index in [1.807, 2.05) is 4.57 Å². The Bertz CT molecular complexity index is 1260. The first kappa shape index (κ1) is 27.9. The maximum atomic E-state index is 12.9. The van der Waals surface area contributed by atoms with Crippen molar-refractivity contribution in [1.82, 2.24) is 19.7 Å². The van der Waals surface area contributed by atoms with Gasteiger partial charge in [-0.2, -0.15) is 0 Å². The summed E-state index contributed by atoms with van der Waals surface area (Å²) in [5, 5.41) is 14.6. The molecule has 3 rings (SSSR count). The van der Waals surface area contributed by atoms with E-state index in [4.69, 9.17) is 4.74 Å². The third-order valence-corrected chi connectivity index (χ3v) is 8.73. The molecule has 0 saturated carbocycles. The summed E-state index contributed by atoms with van der Waals surface area (Å²) in [6.07, 6.45) is 0.894. The van der Waals surface area contributed by atoms with Crippen LogP contribution in [0, 0.1) is 6.92 Å². The number of aromatic nitrogens is 3. The highest BCUT2D eigenvalue weighted by Gasteiger charge is 2.27. The molecule has 2 amide bonds. The number of thiophene rings is 2. The number of anilines is 1. The van der Waals surface area contributed by atoms with E-state index in [9.17, 15) is 14.4 Å². The molecule has 3 heterocycles. The standard InChI is InChI=1S/C24H31N5O4S3/c1-8-9-29-20(15-10-16(13(2)3)34-11-15)26-27-24(29)35-12-17(30)25-21-18(23(32)33-7)14(4)19(36-21)22(31)28(5)6/h10-11,13H,8-9,12H2,1-7H3,(H,25,30). The van der Waals surface area contributed by atoms with Gasteiger partial charge in [0, 0.05) is 36.5 Å². The lowest BCUT2D eigenvalue weighted by atomic mass is 10.1. The Morgan fingerprint density at radius 2 is 1.97 bits per heavy atom. The summed E-state index contributed by atoms with van der Waals surface area (Å²) < 4.78 is 6.93. The molecule has 0 aliphatic rings. The first-order chi connectivity index (χ1) is 17.1. The molecular weight excluding hydrogens is 518 g/mol. The van der Waals surface area contributed by atoms with Crippen LogP contribution >= 0.6 is 34.4 Å². The number of hydrogen-bond donors (Lipinski definition) is 1. The van der Waals surface area contributed by atoms with Gasteiger partial charge in [0.2, 0.25) is 5.91 Å². The highest BCUT2D eigenvalue weighted by molar-refractivity contribution is 7.99. The van der Waals surface area contributed by atoms with Crippen molar-refractivity contribution in [2.45, 2.75) is 51.7 Å². The molecule has 0 radical (unpaired) electrons. The van der Waals surface area contributed by atoms with Crippen LogP contribution in [0.4, 0.5) is 5.00 Å². The van der Waals surface area contributed by atoms with E-state index in [1.165, 1.54) is 28.6 Å². The smallest absolute Gasteiger partial charge is 0.341 e. The van der Waals surface area contributed by atoms with Crippen molar-refractivity contribution in [3.05, 3.63) is 32.3 Å². The van der Waals surface area contributed by atoms with Gasteiger partial charge in [-0.25, -0.2) is 4.79 Å². The second-order valence-electron chi connectivity index (χ2n) is 8.64. The van der Waals surface area contributed by atoms with E-state index in [0.29, 0.717) is 26.5 Å². The van der Waals surface area contributed by atoms with Gasteiger partial charge in [-0.05, 0) is 30.9 Å². The van der Waals surface area contributed by atoms with Crippen molar-refractivity contribution in [1.29, 1.82) is 0 Å². The van der Waals surface area contributed by atoms with Gasteiger partial charge in [0.1, 0.15) is 5.00 Å². The van der Waals surface area contributed by atoms with Crippen LogP contribution in [-0.4, -0.2) is 64.4 Å². The van der Waals surface area contributed by atoms with Crippen LogP contribution in [0.25, 0.3) is 11.4 Å². The molecule has 12 heteroatoms. The molecule has 194 valence electrons. The largest absolute Gasteiger partial charge is 0.465 e. The molecule has 9 nitrogen and oxygen atoms in total. The Morgan fingerprint density at radius 3 is 2.56 bits per heavy atom. The lowest BCUT2D eigenvalue weighted by molar-refractivity contribution is -0.113. The number of rotatable bonds is 10. The van der Waals surface area contributed by atoms with Crippen LogP contribution in [0.1, 0.15) is 63.6 Å². The fourth-order valence-electron chi connectivity index (χ4n) is 3.46. The second-order valence-corrected chi connectivity index (χ2v) is 11.5. The fourth-order valence-corrected chi connectivity index (χ4v) is 6.36. The zero-order valence-corrected chi connectivity index (χ0v) is 23.9. The van der Waals surface area contributed by atoms with Crippen molar-refractivity contribution >= 4 is 57.2 Å². The summed E-state index contributed by atoms with van der Waals surface area (Å²) in [5.74, 6) is 0.127. The first-order valence-corrected chi connectivity index (χ1v) is 14.1. The van der Waals surface area contributed by atoms with E-state index < -0.39 is 5.97 Å². The second kappa shape index (κ2) is 12.0. The number of methoxy groups -OCH3 is 1. The number of hydrogen-bond acceptors (Lipinski definition) is 9. The first-order valence-electron chi connectivity index (χ1n) is 11.5. The highest BCUT2D eigenvalue weighted by Crippen LogP contribution is 2.35. The maximum Gasteiger partial charge on any atom is 0.341 e. The van der Waals surface area contributed by atoms with Gasteiger partial charge in [0.25, 0.3) is 5.91 Å². The highest BCUT2D eigenvalue weighted by atomic mass is 32.2. The van der Waals surface area contributed by atoms with Crippen molar-refractivity contribution < 1.29 is 19.1 Å². The number of nitrogens with one attached hydrogen (secondary N) is 1. The molecule has 0 fully saturated rings. The molecule has 3 aromatic rings. The third-order valence-electron chi connectivity index (χ3n) is 5.33. The lowest BCUT2D eigenvalue weighted by Gasteiger charge is -2.09. The Morgan fingerprint density at radius 1 is 1.25 bits per heavy atom. The zero-order valence-electron chi connectivity index (χ0n) is 21.5. The molecule has 0 spiro atoms. The molecule has 0 aromatic carbocycles. The maximum absolute atomic E-state index is 12.9. The lowest BCUT2D eigenvalue weighted by Crippen LogP contribution is -2.21. The number of carbonyl (C=O) groups is 3. The molecule has 0 unspecified atom stereocenters. The van der Waals surface area contributed by atoms with Gasteiger partial charge < -0.3 is 19.5 Å². The molecule has 36 heavy (non-hydrogen) atoms. The van der Waals surface area contributed by atoms with E-state index in [0.717, 1.165) is 35.7 Å². The van der Waals surface area contributed by atoms with Gasteiger partial charge in [-0.3, -0.25) is 9.59 Å². The number of carbonyl (C=O) groups excluding carboxylic acids is 3. The number of ether oxygens (including phenoxy) is 1. The number of esters is 1. The summed E-state index contributed by atoms with van der Waals surface area (Å²) in [5.41, 5.74) is 1.70. The topological polar surface area (TPSA) is 106 Å². The van der Waals surface area contributed by atoms with Gasteiger partial charge in [0.05, 0.1) is 23.3 Å². The Balaban J connectivity index is 1.79. The van der Waals surface area contributed by atoms with Crippen molar-refractivity contribution in [3.63, 3.8) is 0 Å². The number of amides is 2. The average Bonchev–Trinajstić information content (AvgIpc) is 3.54. The van der Waals surface area contributed by atoms with E-state index >= 15 is 0 Å². The minimum absolute atomic E-state index is 0.0667. The number of nitrogens with zero attached hydrogens (tertiary/aromatic N) is 4. The predicted molar refractivity (Wildman–Crippen MR) is 145 cm³/mol. The third kappa shape index (κ3) is 5.98. The zero-order chi connectivity index (χ0) is 26.6. The predicted octanol–water partition coefficient (Wildman–Crippen LogP) is 5.13. The average molecular weight is 550 g/mol. The van der Waals surface area contributed by atoms with Gasteiger partial charge in [-0.15, -0.1) is 32.9 Å². The van der Waals surface area contributed by atoms with E-state index in [1.54, 1.807) is 32.4 Å². The van der Waals surface area contributed by atoms with Crippen LogP contribution in [0.3, 0.4) is 0 Å². The van der Waals surface area contributed by atoms with Crippen LogP contribution in [0.2, 0.25) is 0 Å². The van der Waals surface area contributed by atoms with Crippen molar-refractivity contribution in [3.8, 4) is 11.4 Å². The SMILES string of the molecule is CCCn1c(SCC(=O)Nc2sc(C(=O)N(C)C)c(C)c2C(=O)OC)nnc1-c1csc(C(C)C)c1. The minimum atomic E-state index is -0.603. The Labute approximate surface area is 223 Å². The van der Waals surface area contributed by atoms with Crippen LogP contribution in [0.15, 0.2) is 16.6 Å². The molecule has 0 aliphatic heterocycles.